The molecule has 0 spiro atoms. The number of aliphatic hydroxyl groups is 2. The highest BCUT2D eigenvalue weighted by molar-refractivity contribution is 5.86. The van der Waals surface area contributed by atoms with Gasteiger partial charge in [0, 0.05) is 14.1 Å². The predicted octanol–water partition coefficient (Wildman–Crippen LogP) is 0.0499. The third kappa shape index (κ3) is 5.80. The molecule has 2 unspecified atom stereocenters. The molecule has 3 heterocycles. The van der Waals surface area contributed by atoms with Crippen molar-refractivity contribution >= 4 is 47.7 Å². The highest BCUT2D eigenvalue weighted by Gasteiger charge is 2.46. The topological polar surface area (TPSA) is 161 Å². The van der Waals surface area contributed by atoms with Crippen LogP contribution in [-0.2, 0) is 16.0 Å². The number of benzene rings is 1. The number of carbonyl (C=O) groups is 1. The summed E-state index contributed by atoms with van der Waals surface area (Å²) in [6, 6.07) is 5.52. The van der Waals surface area contributed by atoms with E-state index in [1.165, 1.54) is 12.7 Å². The molecular weight excluding hydrogens is 513 g/mol. The maximum Gasteiger partial charge on any atom is 0.237 e. The zero-order valence-corrected chi connectivity index (χ0v) is 21.6. The van der Waals surface area contributed by atoms with Gasteiger partial charge in [0.15, 0.2) is 23.2 Å². The normalized spacial score (nSPS) is 21.8. The number of aromatic nitrogens is 4. The molecule has 1 aromatic carbocycles. The standard InChI is InChI=1S/C22H29N7O5.2ClH/c1-28(2)19-17-20(25-10-24-19)29(11-26-17)22-18(31)16(15(9-30)34-22)27-21(32)14(23)8-12-4-6-13(33-3)7-5-12;;/h4-7,10-11,14-16,18,22,30-31H,8-9,23H2,1-3H3,(H,27,32);2*1H/t14-,15+,16+,18?,22?;;/m0../s1. The molecule has 4 rings (SSSR count). The van der Waals surface area contributed by atoms with E-state index >= 15 is 0 Å². The molecule has 5 atom stereocenters. The van der Waals surface area contributed by atoms with Gasteiger partial charge in [0.2, 0.25) is 5.91 Å². The van der Waals surface area contributed by atoms with Gasteiger partial charge in [-0.1, -0.05) is 12.1 Å². The Morgan fingerprint density at radius 2 is 1.94 bits per heavy atom. The minimum Gasteiger partial charge on any atom is -0.497 e. The van der Waals surface area contributed by atoms with Crippen LogP contribution in [0.5, 0.6) is 5.75 Å². The molecule has 0 saturated carbocycles. The molecule has 198 valence electrons. The van der Waals surface area contributed by atoms with E-state index in [-0.39, 0.29) is 24.8 Å². The van der Waals surface area contributed by atoms with Gasteiger partial charge < -0.3 is 35.6 Å². The summed E-state index contributed by atoms with van der Waals surface area (Å²) in [6.07, 6.45) is 0.250. The van der Waals surface area contributed by atoms with E-state index in [0.29, 0.717) is 29.2 Å². The maximum atomic E-state index is 12.8. The minimum absolute atomic E-state index is 0. The lowest BCUT2D eigenvalue weighted by atomic mass is 10.0. The number of ether oxygens (including phenoxy) is 2. The molecule has 0 aliphatic carbocycles. The van der Waals surface area contributed by atoms with Crippen LogP contribution in [0.2, 0.25) is 0 Å². The number of rotatable bonds is 8. The zero-order chi connectivity index (χ0) is 24.4. The molecule has 0 bridgehead atoms. The molecule has 1 saturated heterocycles. The van der Waals surface area contributed by atoms with Crippen LogP contribution in [0.1, 0.15) is 11.8 Å². The Morgan fingerprint density at radius 3 is 2.56 bits per heavy atom. The number of aliphatic hydroxyl groups excluding tert-OH is 2. The molecule has 0 radical (unpaired) electrons. The van der Waals surface area contributed by atoms with Crippen LogP contribution in [0.3, 0.4) is 0 Å². The Labute approximate surface area is 220 Å². The summed E-state index contributed by atoms with van der Waals surface area (Å²) in [5.74, 6) is 0.861. The molecule has 3 aromatic rings. The van der Waals surface area contributed by atoms with Crippen molar-refractivity contribution in [1.82, 2.24) is 24.8 Å². The molecule has 1 aliphatic heterocycles. The lowest BCUT2D eigenvalue weighted by Crippen LogP contribution is -2.53. The molecular formula is C22H31Cl2N7O5. The Morgan fingerprint density at radius 1 is 1.25 bits per heavy atom. The van der Waals surface area contributed by atoms with Gasteiger partial charge in [0.1, 0.15) is 24.3 Å². The average Bonchev–Trinajstić information content (AvgIpc) is 3.40. The van der Waals surface area contributed by atoms with Crippen LogP contribution in [0.4, 0.5) is 5.82 Å². The van der Waals surface area contributed by atoms with E-state index in [1.54, 1.807) is 28.7 Å². The van der Waals surface area contributed by atoms with Crippen molar-refractivity contribution in [2.75, 3.05) is 32.7 Å². The Hall–Kier alpha value is -2.74. The first-order chi connectivity index (χ1) is 16.3. The number of amides is 1. The van der Waals surface area contributed by atoms with E-state index < -0.39 is 43.0 Å². The van der Waals surface area contributed by atoms with E-state index in [0.717, 1.165) is 5.56 Å². The fraction of sp³-hybridized carbons (Fsp3) is 0.455. The van der Waals surface area contributed by atoms with E-state index in [1.807, 2.05) is 26.2 Å². The summed E-state index contributed by atoms with van der Waals surface area (Å²) in [5, 5.41) is 23.6. The van der Waals surface area contributed by atoms with Gasteiger partial charge in [0.05, 0.1) is 32.1 Å². The van der Waals surface area contributed by atoms with Gasteiger partial charge in [-0.25, -0.2) is 15.0 Å². The lowest BCUT2D eigenvalue weighted by Gasteiger charge is -2.23. The third-order valence-corrected chi connectivity index (χ3v) is 5.85. The number of anilines is 1. The van der Waals surface area contributed by atoms with E-state index in [2.05, 4.69) is 20.3 Å². The van der Waals surface area contributed by atoms with Crippen LogP contribution >= 0.6 is 24.8 Å². The summed E-state index contributed by atoms with van der Waals surface area (Å²) in [6.45, 7) is -0.406. The molecule has 2 aromatic heterocycles. The highest BCUT2D eigenvalue weighted by Crippen LogP contribution is 2.32. The fourth-order valence-corrected chi connectivity index (χ4v) is 4.04. The molecule has 1 amide bonds. The largest absolute Gasteiger partial charge is 0.497 e. The van der Waals surface area contributed by atoms with Crippen LogP contribution in [-0.4, -0.2) is 87.7 Å². The number of imidazole rings is 1. The van der Waals surface area contributed by atoms with Crippen molar-refractivity contribution in [1.29, 1.82) is 0 Å². The summed E-state index contributed by atoms with van der Waals surface area (Å²) in [7, 11) is 5.25. The van der Waals surface area contributed by atoms with Crippen molar-refractivity contribution in [2.45, 2.75) is 36.9 Å². The molecule has 14 heteroatoms. The van der Waals surface area contributed by atoms with Crippen molar-refractivity contribution in [2.24, 2.45) is 5.73 Å². The van der Waals surface area contributed by atoms with Crippen molar-refractivity contribution in [3.63, 3.8) is 0 Å². The SMILES string of the molecule is COc1ccc(C[C@H](N)C(=O)N[C@H]2C(O)C(n3cnc4c(N(C)C)ncnc43)O[C@@H]2CO)cc1.Cl.Cl. The summed E-state index contributed by atoms with van der Waals surface area (Å²) in [4.78, 5) is 27.5. The Bertz CT molecular complexity index is 1150. The molecule has 36 heavy (non-hydrogen) atoms. The van der Waals surface area contributed by atoms with Crippen LogP contribution in [0.25, 0.3) is 11.2 Å². The van der Waals surface area contributed by atoms with Gasteiger partial charge in [-0.3, -0.25) is 9.36 Å². The second-order valence-electron chi connectivity index (χ2n) is 8.35. The van der Waals surface area contributed by atoms with E-state index in [9.17, 15) is 15.0 Å². The molecule has 12 nitrogen and oxygen atoms in total. The number of carbonyl (C=O) groups excluding carboxylic acids is 1. The van der Waals surface area contributed by atoms with Gasteiger partial charge >= 0.3 is 0 Å². The monoisotopic (exact) mass is 543 g/mol. The first kappa shape index (κ1) is 29.5. The average molecular weight is 544 g/mol. The van der Waals surface area contributed by atoms with Crippen LogP contribution < -0.4 is 20.7 Å². The summed E-state index contributed by atoms with van der Waals surface area (Å²) >= 11 is 0. The Kier molecular flexibility index (Phi) is 10.2. The predicted molar refractivity (Wildman–Crippen MR) is 138 cm³/mol. The number of halogens is 2. The molecule has 1 aliphatic rings. The number of methoxy groups -OCH3 is 1. The third-order valence-electron chi connectivity index (χ3n) is 5.85. The number of nitrogens with zero attached hydrogens (tertiary/aromatic N) is 5. The van der Waals surface area contributed by atoms with Crippen molar-refractivity contribution in [3.05, 3.63) is 42.5 Å². The molecule has 1 fully saturated rings. The highest BCUT2D eigenvalue weighted by atomic mass is 35.5. The fourth-order valence-electron chi connectivity index (χ4n) is 4.04. The second-order valence-corrected chi connectivity index (χ2v) is 8.35. The Balaban J connectivity index is 0.00000228. The first-order valence-corrected chi connectivity index (χ1v) is 10.8. The van der Waals surface area contributed by atoms with Crippen molar-refractivity contribution in [3.8, 4) is 5.75 Å². The van der Waals surface area contributed by atoms with Crippen LogP contribution in [0.15, 0.2) is 36.9 Å². The minimum atomic E-state index is -1.18. The zero-order valence-electron chi connectivity index (χ0n) is 20.0. The van der Waals surface area contributed by atoms with Gasteiger partial charge in [-0.15, -0.1) is 24.8 Å². The lowest BCUT2D eigenvalue weighted by molar-refractivity contribution is -0.124. The van der Waals surface area contributed by atoms with Gasteiger partial charge in [-0.05, 0) is 24.1 Å². The summed E-state index contributed by atoms with van der Waals surface area (Å²) < 4.78 is 12.6. The number of nitrogens with one attached hydrogen (secondary N) is 1. The van der Waals surface area contributed by atoms with Crippen LogP contribution in [0, 0.1) is 0 Å². The number of hydrogen-bond acceptors (Lipinski definition) is 10. The van der Waals surface area contributed by atoms with Crippen molar-refractivity contribution < 1.29 is 24.5 Å². The number of hydrogen-bond donors (Lipinski definition) is 4. The number of fused-ring (bicyclic) bond motifs is 1. The maximum absolute atomic E-state index is 12.8. The summed E-state index contributed by atoms with van der Waals surface area (Å²) in [5.41, 5.74) is 7.98. The number of nitrogens with two attached hydrogens (primary N) is 1. The second kappa shape index (κ2) is 12.5. The molecule has 5 N–H and O–H groups in total. The van der Waals surface area contributed by atoms with Gasteiger partial charge in [0.25, 0.3) is 0 Å². The smallest absolute Gasteiger partial charge is 0.237 e. The quantitative estimate of drug-likeness (QED) is 0.305. The first-order valence-electron chi connectivity index (χ1n) is 10.8. The van der Waals surface area contributed by atoms with E-state index in [4.69, 9.17) is 15.2 Å². The van der Waals surface area contributed by atoms with Gasteiger partial charge in [-0.2, -0.15) is 0 Å².